The number of aliphatic hydroxyl groups is 1. The average molecular weight is 192 g/mol. The van der Waals surface area contributed by atoms with Gasteiger partial charge >= 0.3 is 0 Å². The third-order valence-electron chi connectivity index (χ3n) is 2.95. The summed E-state index contributed by atoms with van der Waals surface area (Å²) in [6.45, 7) is 6.63. The van der Waals surface area contributed by atoms with Crippen LogP contribution in [0.25, 0.3) is 0 Å². The van der Waals surface area contributed by atoms with Gasteiger partial charge in [-0.1, -0.05) is 43.7 Å². The van der Waals surface area contributed by atoms with Crippen LogP contribution in [0.3, 0.4) is 0 Å². The van der Waals surface area contributed by atoms with Crippen molar-refractivity contribution in [3.63, 3.8) is 0 Å². The van der Waals surface area contributed by atoms with Crippen LogP contribution in [0.5, 0.6) is 0 Å². The topological polar surface area (TPSA) is 20.2 Å². The Hall–Kier alpha value is -0.820. The Bertz CT molecular complexity index is 287. The van der Waals surface area contributed by atoms with Gasteiger partial charge in [0.15, 0.2) is 0 Å². The maximum atomic E-state index is 9.32. The molecule has 1 unspecified atom stereocenters. The summed E-state index contributed by atoms with van der Waals surface area (Å²) in [7, 11) is 0. The SMILES string of the molecule is CCC(C)(CO)Cc1cccc(C)c1. The first-order chi connectivity index (χ1) is 6.59. The quantitative estimate of drug-likeness (QED) is 0.777. The molecule has 1 nitrogen and oxygen atoms in total. The van der Waals surface area contributed by atoms with Crippen LogP contribution >= 0.6 is 0 Å². The molecule has 0 fully saturated rings. The first-order valence-corrected chi connectivity index (χ1v) is 5.26. The minimum absolute atomic E-state index is 0.0355. The van der Waals surface area contributed by atoms with Crippen molar-refractivity contribution in [2.45, 2.75) is 33.6 Å². The van der Waals surface area contributed by atoms with Gasteiger partial charge in [-0.2, -0.15) is 0 Å². The molecule has 1 heteroatoms. The van der Waals surface area contributed by atoms with Crippen LogP contribution in [-0.4, -0.2) is 11.7 Å². The van der Waals surface area contributed by atoms with Crippen molar-refractivity contribution in [2.75, 3.05) is 6.61 Å². The van der Waals surface area contributed by atoms with Gasteiger partial charge in [-0.05, 0) is 30.7 Å². The third-order valence-corrected chi connectivity index (χ3v) is 2.95. The zero-order chi connectivity index (χ0) is 10.6. The van der Waals surface area contributed by atoms with Crippen LogP contribution in [0, 0.1) is 12.3 Å². The van der Waals surface area contributed by atoms with E-state index in [1.165, 1.54) is 11.1 Å². The van der Waals surface area contributed by atoms with Crippen LogP contribution in [0.15, 0.2) is 24.3 Å². The largest absolute Gasteiger partial charge is 0.396 e. The predicted molar refractivity (Wildman–Crippen MR) is 60.4 cm³/mol. The van der Waals surface area contributed by atoms with Crippen LogP contribution in [-0.2, 0) is 6.42 Å². The van der Waals surface area contributed by atoms with E-state index in [0.717, 1.165) is 12.8 Å². The Balaban J connectivity index is 2.77. The van der Waals surface area contributed by atoms with Gasteiger partial charge in [0.05, 0.1) is 0 Å². The lowest BCUT2D eigenvalue weighted by atomic mass is 9.82. The average Bonchev–Trinajstić information content (AvgIpc) is 2.18. The summed E-state index contributed by atoms with van der Waals surface area (Å²) in [4.78, 5) is 0. The second-order valence-corrected chi connectivity index (χ2v) is 4.49. The number of rotatable bonds is 4. The summed E-state index contributed by atoms with van der Waals surface area (Å²) in [5, 5.41) is 9.32. The monoisotopic (exact) mass is 192 g/mol. The fraction of sp³-hybridized carbons (Fsp3) is 0.538. The molecule has 1 atom stereocenters. The molecule has 14 heavy (non-hydrogen) atoms. The molecule has 0 heterocycles. The molecule has 1 aromatic rings. The lowest BCUT2D eigenvalue weighted by molar-refractivity contribution is 0.137. The van der Waals surface area contributed by atoms with E-state index in [9.17, 15) is 5.11 Å². The summed E-state index contributed by atoms with van der Waals surface area (Å²) in [6, 6.07) is 8.52. The first kappa shape index (κ1) is 11.3. The number of hydrogen-bond acceptors (Lipinski definition) is 1. The molecule has 1 N–H and O–H groups in total. The highest BCUT2D eigenvalue weighted by atomic mass is 16.3. The predicted octanol–water partition coefficient (Wildman–Crippen LogP) is 2.95. The van der Waals surface area contributed by atoms with E-state index in [1.54, 1.807) is 0 Å². The van der Waals surface area contributed by atoms with E-state index in [2.05, 4.69) is 45.0 Å². The van der Waals surface area contributed by atoms with Crippen LogP contribution in [0.4, 0.5) is 0 Å². The number of aryl methyl sites for hydroxylation is 1. The van der Waals surface area contributed by atoms with E-state index < -0.39 is 0 Å². The maximum Gasteiger partial charge on any atom is 0.0487 e. The normalized spacial score (nSPS) is 15.1. The summed E-state index contributed by atoms with van der Waals surface area (Å²) < 4.78 is 0. The van der Waals surface area contributed by atoms with Crippen LogP contribution in [0.1, 0.15) is 31.4 Å². The summed E-state index contributed by atoms with van der Waals surface area (Å²) >= 11 is 0. The summed E-state index contributed by atoms with van der Waals surface area (Å²) in [5.74, 6) is 0. The Kier molecular flexibility index (Phi) is 3.70. The molecule has 0 aliphatic rings. The van der Waals surface area contributed by atoms with Crippen molar-refractivity contribution >= 4 is 0 Å². The van der Waals surface area contributed by atoms with Crippen molar-refractivity contribution in [3.05, 3.63) is 35.4 Å². The van der Waals surface area contributed by atoms with E-state index >= 15 is 0 Å². The molecular weight excluding hydrogens is 172 g/mol. The molecule has 1 rings (SSSR count). The maximum absolute atomic E-state index is 9.32. The van der Waals surface area contributed by atoms with Gasteiger partial charge in [0, 0.05) is 6.61 Å². The fourth-order valence-corrected chi connectivity index (χ4v) is 1.61. The molecule has 0 saturated heterocycles. The minimum Gasteiger partial charge on any atom is -0.396 e. The zero-order valence-corrected chi connectivity index (χ0v) is 9.38. The van der Waals surface area contributed by atoms with E-state index in [0.29, 0.717) is 0 Å². The molecular formula is C13H20O. The van der Waals surface area contributed by atoms with Crippen molar-refractivity contribution in [1.29, 1.82) is 0 Å². The Morgan fingerprint density at radius 1 is 1.36 bits per heavy atom. The third kappa shape index (κ3) is 2.85. The van der Waals surface area contributed by atoms with Crippen molar-refractivity contribution < 1.29 is 5.11 Å². The second kappa shape index (κ2) is 4.61. The standard InChI is InChI=1S/C13H20O/c1-4-13(3,10-14)9-12-7-5-6-11(2)8-12/h5-8,14H,4,9-10H2,1-3H3. The van der Waals surface area contributed by atoms with Crippen molar-refractivity contribution in [1.82, 2.24) is 0 Å². The summed E-state index contributed by atoms with van der Waals surface area (Å²) in [5.41, 5.74) is 2.65. The number of aliphatic hydroxyl groups excluding tert-OH is 1. The molecule has 0 aliphatic heterocycles. The lowest BCUT2D eigenvalue weighted by Crippen LogP contribution is -2.23. The van der Waals surface area contributed by atoms with Crippen LogP contribution < -0.4 is 0 Å². The van der Waals surface area contributed by atoms with E-state index in [-0.39, 0.29) is 12.0 Å². The molecule has 0 aliphatic carbocycles. The van der Waals surface area contributed by atoms with Gasteiger partial charge in [0.25, 0.3) is 0 Å². The van der Waals surface area contributed by atoms with Gasteiger partial charge in [0.1, 0.15) is 0 Å². The van der Waals surface area contributed by atoms with Crippen LogP contribution in [0.2, 0.25) is 0 Å². The van der Waals surface area contributed by atoms with Gasteiger partial charge in [-0.25, -0.2) is 0 Å². The molecule has 0 amide bonds. The second-order valence-electron chi connectivity index (χ2n) is 4.49. The number of hydrogen-bond donors (Lipinski definition) is 1. The van der Waals surface area contributed by atoms with E-state index in [1.807, 2.05) is 0 Å². The molecule has 0 aromatic heterocycles. The highest BCUT2D eigenvalue weighted by Crippen LogP contribution is 2.25. The molecule has 0 bridgehead atoms. The van der Waals surface area contributed by atoms with Crippen molar-refractivity contribution in [2.24, 2.45) is 5.41 Å². The minimum atomic E-state index is 0.0355. The Labute approximate surface area is 86.8 Å². The number of benzene rings is 1. The van der Waals surface area contributed by atoms with Gasteiger partial charge in [0.2, 0.25) is 0 Å². The molecule has 1 aromatic carbocycles. The Morgan fingerprint density at radius 3 is 2.57 bits per heavy atom. The van der Waals surface area contributed by atoms with Gasteiger partial charge < -0.3 is 5.11 Å². The smallest absolute Gasteiger partial charge is 0.0487 e. The van der Waals surface area contributed by atoms with E-state index in [4.69, 9.17) is 0 Å². The highest BCUT2D eigenvalue weighted by molar-refractivity contribution is 5.23. The Morgan fingerprint density at radius 2 is 2.07 bits per heavy atom. The first-order valence-electron chi connectivity index (χ1n) is 5.26. The lowest BCUT2D eigenvalue weighted by Gasteiger charge is -2.25. The summed E-state index contributed by atoms with van der Waals surface area (Å²) in [6.07, 6.45) is 1.97. The molecule has 78 valence electrons. The zero-order valence-electron chi connectivity index (χ0n) is 9.38. The fourth-order valence-electron chi connectivity index (χ4n) is 1.61. The molecule has 0 saturated carbocycles. The van der Waals surface area contributed by atoms with Crippen molar-refractivity contribution in [3.8, 4) is 0 Å². The highest BCUT2D eigenvalue weighted by Gasteiger charge is 2.21. The van der Waals surface area contributed by atoms with Gasteiger partial charge in [-0.15, -0.1) is 0 Å². The molecule has 0 radical (unpaired) electrons. The molecule has 0 spiro atoms. The van der Waals surface area contributed by atoms with Gasteiger partial charge in [-0.3, -0.25) is 0 Å².